The van der Waals surface area contributed by atoms with E-state index in [9.17, 15) is 9.59 Å². The normalized spacial score (nSPS) is 12.1. The number of primary amides is 1. The molecule has 1 atom stereocenters. The molecule has 92 valence electrons. The minimum absolute atomic E-state index is 0.255. The lowest BCUT2D eigenvalue weighted by molar-refractivity contribution is -0.137. The summed E-state index contributed by atoms with van der Waals surface area (Å²) in [5.41, 5.74) is 5.84. The molecule has 4 nitrogen and oxygen atoms in total. The topological polar surface area (TPSA) is 72.2 Å². The van der Waals surface area contributed by atoms with E-state index in [1.807, 2.05) is 49.4 Å². The fourth-order valence-electron chi connectivity index (χ4n) is 1.83. The van der Waals surface area contributed by atoms with Crippen molar-refractivity contribution in [1.29, 1.82) is 0 Å². The summed E-state index contributed by atoms with van der Waals surface area (Å²) in [5.74, 6) is -1.74. The van der Waals surface area contributed by atoms with Gasteiger partial charge in [0.2, 0.25) is 0 Å². The second-order valence-corrected chi connectivity index (χ2v) is 4.17. The lowest BCUT2D eigenvalue weighted by atomic mass is 10.0. The first-order valence-corrected chi connectivity index (χ1v) is 5.67. The Labute approximate surface area is 105 Å². The van der Waals surface area contributed by atoms with Crippen molar-refractivity contribution in [2.75, 3.05) is 0 Å². The predicted molar refractivity (Wildman–Crippen MR) is 69.7 cm³/mol. The van der Waals surface area contributed by atoms with Crippen LogP contribution in [0.1, 0.15) is 18.5 Å². The van der Waals surface area contributed by atoms with Gasteiger partial charge in [-0.1, -0.05) is 36.4 Å². The van der Waals surface area contributed by atoms with Crippen molar-refractivity contribution >= 4 is 22.6 Å². The summed E-state index contributed by atoms with van der Waals surface area (Å²) in [6.07, 6.45) is 0. The van der Waals surface area contributed by atoms with E-state index in [1.54, 1.807) is 0 Å². The number of benzene rings is 2. The molecule has 0 heterocycles. The van der Waals surface area contributed by atoms with E-state index in [1.165, 1.54) is 0 Å². The molecule has 0 bridgehead atoms. The van der Waals surface area contributed by atoms with Gasteiger partial charge in [0, 0.05) is 0 Å². The maximum Gasteiger partial charge on any atom is 0.309 e. The van der Waals surface area contributed by atoms with Gasteiger partial charge < -0.3 is 11.1 Å². The van der Waals surface area contributed by atoms with Crippen molar-refractivity contribution in [3.05, 3.63) is 48.0 Å². The predicted octanol–water partition coefficient (Wildman–Crippen LogP) is 1.50. The zero-order valence-electron chi connectivity index (χ0n) is 10.0. The quantitative estimate of drug-likeness (QED) is 0.783. The van der Waals surface area contributed by atoms with Gasteiger partial charge in [-0.15, -0.1) is 0 Å². The molecule has 2 rings (SSSR count). The SMILES string of the molecule is CC(NC(=O)C(N)=O)c1ccc2ccccc2c1. The first kappa shape index (κ1) is 12.1. The number of carbonyl (C=O) groups is 2. The van der Waals surface area contributed by atoms with Crippen LogP contribution in [0, 0.1) is 0 Å². The number of nitrogens with one attached hydrogen (secondary N) is 1. The van der Waals surface area contributed by atoms with E-state index >= 15 is 0 Å². The molecule has 18 heavy (non-hydrogen) atoms. The zero-order valence-corrected chi connectivity index (χ0v) is 10.0. The highest BCUT2D eigenvalue weighted by atomic mass is 16.2. The molecule has 0 saturated carbocycles. The molecule has 0 saturated heterocycles. The first-order chi connectivity index (χ1) is 8.58. The van der Waals surface area contributed by atoms with E-state index in [0.717, 1.165) is 16.3 Å². The van der Waals surface area contributed by atoms with Crippen LogP contribution in [0.4, 0.5) is 0 Å². The molecular weight excluding hydrogens is 228 g/mol. The molecular formula is C14H14N2O2. The molecule has 0 aliphatic rings. The molecule has 3 N–H and O–H groups in total. The lowest BCUT2D eigenvalue weighted by Crippen LogP contribution is -2.37. The zero-order chi connectivity index (χ0) is 13.1. The number of hydrogen-bond donors (Lipinski definition) is 2. The lowest BCUT2D eigenvalue weighted by Gasteiger charge is -2.13. The van der Waals surface area contributed by atoms with Crippen molar-refractivity contribution in [3.63, 3.8) is 0 Å². The summed E-state index contributed by atoms with van der Waals surface area (Å²) < 4.78 is 0. The summed E-state index contributed by atoms with van der Waals surface area (Å²) in [4.78, 5) is 21.9. The van der Waals surface area contributed by atoms with Crippen LogP contribution < -0.4 is 11.1 Å². The molecule has 0 aromatic heterocycles. The summed E-state index contributed by atoms with van der Waals surface area (Å²) in [7, 11) is 0. The molecule has 0 radical (unpaired) electrons. The van der Waals surface area contributed by atoms with Crippen molar-refractivity contribution in [2.45, 2.75) is 13.0 Å². The van der Waals surface area contributed by atoms with Crippen molar-refractivity contribution in [3.8, 4) is 0 Å². The maximum atomic E-state index is 11.2. The Kier molecular flexibility index (Phi) is 3.28. The molecule has 0 fully saturated rings. The monoisotopic (exact) mass is 242 g/mol. The highest BCUT2D eigenvalue weighted by Gasteiger charge is 2.13. The van der Waals surface area contributed by atoms with Crippen LogP contribution >= 0.6 is 0 Å². The van der Waals surface area contributed by atoms with Crippen LogP contribution in [0.5, 0.6) is 0 Å². The van der Waals surface area contributed by atoms with Crippen LogP contribution in [0.2, 0.25) is 0 Å². The number of nitrogens with two attached hydrogens (primary N) is 1. The molecule has 0 spiro atoms. The molecule has 2 aromatic rings. The molecule has 0 aliphatic carbocycles. The van der Waals surface area contributed by atoms with Gasteiger partial charge in [-0.2, -0.15) is 0 Å². The van der Waals surface area contributed by atoms with Crippen LogP contribution in [0.15, 0.2) is 42.5 Å². The van der Waals surface area contributed by atoms with Gasteiger partial charge in [-0.3, -0.25) is 9.59 Å². The van der Waals surface area contributed by atoms with Gasteiger partial charge in [-0.05, 0) is 29.3 Å². The van der Waals surface area contributed by atoms with Gasteiger partial charge in [0.1, 0.15) is 0 Å². The first-order valence-electron chi connectivity index (χ1n) is 5.67. The third-order valence-corrected chi connectivity index (χ3v) is 2.84. The Morgan fingerprint density at radius 1 is 1.11 bits per heavy atom. The summed E-state index contributed by atoms with van der Waals surface area (Å²) in [6, 6.07) is 13.6. The van der Waals surface area contributed by atoms with Gasteiger partial charge in [0.25, 0.3) is 0 Å². The fraction of sp³-hybridized carbons (Fsp3) is 0.143. The number of rotatable bonds is 2. The Hall–Kier alpha value is -2.36. The molecule has 1 unspecified atom stereocenters. The Morgan fingerprint density at radius 3 is 2.44 bits per heavy atom. The van der Waals surface area contributed by atoms with E-state index in [-0.39, 0.29) is 6.04 Å². The highest BCUT2D eigenvalue weighted by Crippen LogP contribution is 2.20. The van der Waals surface area contributed by atoms with Crippen molar-refractivity contribution in [1.82, 2.24) is 5.32 Å². The summed E-state index contributed by atoms with van der Waals surface area (Å²) in [5, 5.41) is 4.77. The van der Waals surface area contributed by atoms with Crippen LogP contribution in [-0.4, -0.2) is 11.8 Å². The van der Waals surface area contributed by atoms with Crippen LogP contribution in [0.3, 0.4) is 0 Å². The Balaban J connectivity index is 2.25. The minimum Gasteiger partial charge on any atom is -0.361 e. The number of fused-ring (bicyclic) bond motifs is 1. The van der Waals surface area contributed by atoms with Gasteiger partial charge >= 0.3 is 11.8 Å². The average molecular weight is 242 g/mol. The summed E-state index contributed by atoms with van der Waals surface area (Å²) >= 11 is 0. The number of hydrogen-bond acceptors (Lipinski definition) is 2. The van der Waals surface area contributed by atoms with Crippen LogP contribution in [0.25, 0.3) is 10.8 Å². The standard InChI is InChI=1S/C14H14N2O2/c1-9(16-14(18)13(15)17)11-7-6-10-4-2-3-5-12(10)8-11/h2-9H,1H3,(H2,15,17)(H,16,18). The van der Waals surface area contributed by atoms with Gasteiger partial charge in [0.15, 0.2) is 0 Å². The Bertz CT molecular complexity index is 608. The highest BCUT2D eigenvalue weighted by molar-refractivity contribution is 6.34. The van der Waals surface area contributed by atoms with Crippen LogP contribution in [-0.2, 0) is 9.59 Å². The van der Waals surface area contributed by atoms with Gasteiger partial charge in [-0.25, -0.2) is 0 Å². The average Bonchev–Trinajstić information content (AvgIpc) is 2.37. The van der Waals surface area contributed by atoms with E-state index in [0.29, 0.717) is 0 Å². The van der Waals surface area contributed by atoms with Gasteiger partial charge in [0.05, 0.1) is 6.04 Å². The minimum atomic E-state index is -0.970. The van der Waals surface area contributed by atoms with E-state index in [4.69, 9.17) is 5.73 Å². The van der Waals surface area contributed by atoms with E-state index < -0.39 is 11.8 Å². The Morgan fingerprint density at radius 2 is 1.78 bits per heavy atom. The van der Waals surface area contributed by atoms with E-state index in [2.05, 4.69) is 5.32 Å². The second kappa shape index (κ2) is 4.87. The third kappa shape index (κ3) is 2.48. The smallest absolute Gasteiger partial charge is 0.309 e. The largest absolute Gasteiger partial charge is 0.361 e. The molecule has 0 aliphatic heterocycles. The maximum absolute atomic E-state index is 11.2. The van der Waals surface area contributed by atoms with Crippen molar-refractivity contribution < 1.29 is 9.59 Å². The molecule has 2 amide bonds. The molecule has 2 aromatic carbocycles. The number of carbonyl (C=O) groups excluding carboxylic acids is 2. The summed E-state index contributed by atoms with van der Waals surface area (Å²) in [6.45, 7) is 1.81. The second-order valence-electron chi connectivity index (χ2n) is 4.17. The third-order valence-electron chi connectivity index (χ3n) is 2.84. The molecule has 4 heteroatoms. The fourth-order valence-corrected chi connectivity index (χ4v) is 1.83. The number of amides is 2. The van der Waals surface area contributed by atoms with Crippen molar-refractivity contribution in [2.24, 2.45) is 5.73 Å².